The van der Waals surface area contributed by atoms with Crippen molar-refractivity contribution in [3.05, 3.63) is 60.0 Å². The van der Waals surface area contributed by atoms with Crippen LogP contribution < -0.4 is 0 Å². The van der Waals surface area contributed by atoms with Gasteiger partial charge in [-0.2, -0.15) is 5.10 Å². The fourth-order valence-corrected chi connectivity index (χ4v) is 2.31. The first kappa shape index (κ1) is 11.9. The number of hydrogen-bond acceptors (Lipinski definition) is 3. The number of para-hydroxylation sites is 1. The molecule has 1 atom stereocenters. The van der Waals surface area contributed by atoms with Crippen molar-refractivity contribution < 1.29 is 5.11 Å². The summed E-state index contributed by atoms with van der Waals surface area (Å²) >= 11 is 0. The Labute approximate surface area is 111 Å². The molecule has 0 aliphatic carbocycles. The largest absolute Gasteiger partial charge is 0.388 e. The molecule has 1 aromatic carbocycles. The lowest BCUT2D eigenvalue weighted by Crippen LogP contribution is -2.03. The van der Waals surface area contributed by atoms with E-state index >= 15 is 0 Å². The van der Waals surface area contributed by atoms with Gasteiger partial charge in [-0.3, -0.25) is 9.67 Å². The van der Waals surface area contributed by atoms with Crippen molar-refractivity contribution in [3.63, 3.8) is 0 Å². The van der Waals surface area contributed by atoms with Gasteiger partial charge in [0.1, 0.15) is 0 Å². The van der Waals surface area contributed by atoms with Crippen LogP contribution in [0.5, 0.6) is 0 Å². The molecule has 0 amide bonds. The maximum atomic E-state index is 10.3. The van der Waals surface area contributed by atoms with Crippen molar-refractivity contribution in [2.45, 2.75) is 12.5 Å². The highest BCUT2D eigenvalue weighted by atomic mass is 16.3. The summed E-state index contributed by atoms with van der Waals surface area (Å²) in [4.78, 5) is 4.03. The molecule has 0 bridgehead atoms. The second-order valence-corrected chi connectivity index (χ2v) is 4.59. The number of aryl methyl sites for hydroxylation is 1. The van der Waals surface area contributed by atoms with Gasteiger partial charge < -0.3 is 5.11 Å². The van der Waals surface area contributed by atoms with Crippen molar-refractivity contribution >= 4 is 10.9 Å². The number of nitrogens with zero attached hydrogens (tertiary/aromatic N) is 3. The van der Waals surface area contributed by atoms with Crippen molar-refractivity contribution in [1.82, 2.24) is 14.8 Å². The summed E-state index contributed by atoms with van der Waals surface area (Å²) in [5.74, 6) is 0. The third-order valence-corrected chi connectivity index (χ3v) is 3.29. The second-order valence-electron chi connectivity index (χ2n) is 4.59. The Morgan fingerprint density at radius 3 is 2.84 bits per heavy atom. The van der Waals surface area contributed by atoms with Crippen LogP contribution in [0.15, 0.2) is 48.8 Å². The first-order chi connectivity index (χ1) is 9.25. The fourth-order valence-electron chi connectivity index (χ4n) is 2.31. The van der Waals surface area contributed by atoms with Gasteiger partial charge in [-0.1, -0.05) is 24.3 Å². The normalized spacial score (nSPS) is 12.7. The van der Waals surface area contributed by atoms with Gasteiger partial charge in [-0.15, -0.1) is 0 Å². The van der Waals surface area contributed by atoms with Crippen LogP contribution in [0.25, 0.3) is 10.9 Å². The van der Waals surface area contributed by atoms with E-state index in [1.807, 2.05) is 48.1 Å². The minimum Gasteiger partial charge on any atom is -0.388 e. The number of benzene rings is 1. The molecule has 0 aliphatic rings. The van der Waals surface area contributed by atoms with E-state index in [9.17, 15) is 5.11 Å². The molecule has 4 nitrogen and oxygen atoms in total. The summed E-state index contributed by atoms with van der Waals surface area (Å²) in [6.07, 6.45) is 3.31. The van der Waals surface area contributed by atoms with E-state index in [2.05, 4.69) is 10.1 Å². The molecule has 0 fully saturated rings. The van der Waals surface area contributed by atoms with Gasteiger partial charge in [-0.05, 0) is 17.7 Å². The summed E-state index contributed by atoms with van der Waals surface area (Å²) in [5.41, 5.74) is 2.81. The summed E-state index contributed by atoms with van der Waals surface area (Å²) in [5, 5.41) is 15.8. The maximum Gasteiger partial charge on any atom is 0.0861 e. The monoisotopic (exact) mass is 253 g/mol. The Morgan fingerprint density at radius 2 is 2.05 bits per heavy atom. The van der Waals surface area contributed by atoms with E-state index in [-0.39, 0.29) is 0 Å². The van der Waals surface area contributed by atoms with Crippen molar-refractivity contribution in [2.75, 3.05) is 0 Å². The standard InChI is InChI=1S/C15H15N3O/c1-18-14-7-3-2-6-12(14)13(17-18)9-15(19)11-5-4-8-16-10-11/h2-8,10,15,19H,9H2,1H3. The number of fused-ring (bicyclic) bond motifs is 1. The van der Waals surface area contributed by atoms with E-state index in [0.29, 0.717) is 6.42 Å². The second kappa shape index (κ2) is 4.82. The molecule has 0 saturated heterocycles. The van der Waals surface area contributed by atoms with Gasteiger partial charge in [0.25, 0.3) is 0 Å². The molecule has 0 radical (unpaired) electrons. The number of pyridine rings is 1. The molecular formula is C15H15N3O. The molecule has 19 heavy (non-hydrogen) atoms. The topological polar surface area (TPSA) is 50.9 Å². The summed E-state index contributed by atoms with van der Waals surface area (Å²) in [6.45, 7) is 0. The lowest BCUT2D eigenvalue weighted by molar-refractivity contribution is 0.177. The number of rotatable bonds is 3. The first-order valence-corrected chi connectivity index (χ1v) is 6.24. The zero-order chi connectivity index (χ0) is 13.2. The Morgan fingerprint density at radius 1 is 1.21 bits per heavy atom. The molecule has 3 aromatic rings. The van der Waals surface area contributed by atoms with Gasteiger partial charge in [0, 0.05) is 31.2 Å². The molecule has 4 heteroatoms. The maximum absolute atomic E-state index is 10.3. The molecule has 96 valence electrons. The van der Waals surface area contributed by atoms with Gasteiger partial charge in [0.05, 0.1) is 17.3 Å². The number of aliphatic hydroxyl groups is 1. The van der Waals surface area contributed by atoms with Gasteiger partial charge in [0.15, 0.2) is 0 Å². The van der Waals surface area contributed by atoms with Gasteiger partial charge >= 0.3 is 0 Å². The summed E-state index contributed by atoms with van der Waals surface area (Å²) in [7, 11) is 1.92. The molecule has 3 rings (SSSR count). The first-order valence-electron chi connectivity index (χ1n) is 6.24. The molecule has 0 spiro atoms. The van der Waals surface area contributed by atoms with Crippen LogP contribution in [-0.4, -0.2) is 19.9 Å². The lowest BCUT2D eigenvalue weighted by atomic mass is 10.0. The van der Waals surface area contributed by atoms with Crippen LogP contribution in [0.2, 0.25) is 0 Å². The highest BCUT2D eigenvalue weighted by Gasteiger charge is 2.14. The van der Waals surface area contributed by atoms with Crippen LogP contribution in [-0.2, 0) is 13.5 Å². The average molecular weight is 253 g/mol. The van der Waals surface area contributed by atoms with E-state index in [1.165, 1.54) is 0 Å². The summed E-state index contributed by atoms with van der Waals surface area (Å²) in [6, 6.07) is 11.8. The van der Waals surface area contributed by atoms with Crippen molar-refractivity contribution in [3.8, 4) is 0 Å². The van der Waals surface area contributed by atoms with Crippen LogP contribution in [0.4, 0.5) is 0 Å². The smallest absolute Gasteiger partial charge is 0.0861 e. The Hall–Kier alpha value is -2.20. The zero-order valence-corrected chi connectivity index (χ0v) is 10.7. The number of aromatic nitrogens is 3. The molecule has 0 saturated carbocycles. The molecular weight excluding hydrogens is 238 g/mol. The predicted octanol–water partition coefficient (Wildman–Crippen LogP) is 2.24. The minimum atomic E-state index is -0.577. The molecule has 1 unspecified atom stereocenters. The molecule has 0 aliphatic heterocycles. The SMILES string of the molecule is Cn1nc(CC(O)c2cccnc2)c2ccccc21. The highest BCUT2D eigenvalue weighted by Crippen LogP contribution is 2.23. The van der Waals surface area contributed by atoms with Crippen LogP contribution in [0.1, 0.15) is 17.4 Å². The van der Waals surface area contributed by atoms with Crippen LogP contribution in [0.3, 0.4) is 0 Å². The highest BCUT2D eigenvalue weighted by molar-refractivity contribution is 5.81. The van der Waals surface area contributed by atoms with E-state index in [0.717, 1.165) is 22.2 Å². The summed E-state index contributed by atoms with van der Waals surface area (Å²) < 4.78 is 1.85. The number of hydrogen-bond donors (Lipinski definition) is 1. The molecule has 2 heterocycles. The predicted molar refractivity (Wildman–Crippen MR) is 73.6 cm³/mol. The van der Waals surface area contributed by atoms with Crippen LogP contribution in [0, 0.1) is 0 Å². The van der Waals surface area contributed by atoms with E-state index in [1.54, 1.807) is 12.4 Å². The molecule has 2 aromatic heterocycles. The van der Waals surface area contributed by atoms with Gasteiger partial charge in [0.2, 0.25) is 0 Å². The van der Waals surface area contributed by atoms with Gasteiger partial charge in [-0.25, -0.2) is 0 Å². The fraction of sp³-hybridized carbons (Fsp3) is 0.200. The lowest BCUT2D eigenvalue weighted by Gasteiger charge is -2.08. The van der Waals surface area contributed by atoms with Crippen LogP contribution >= 0.6 is 0 Å². The Balaban J connectivity index is 1.94. The number of aliphatic hydroxyl groups excluding tert-OH is 1. The zero-order valence-electron chi connectivity index (χ0n) is 10.7. The minimum absolute atomic E-state index is 0.493. The Kier molecular flexibility index (Phi) is 3.01. The third-order valence-electron chi connectivity index (χ3n) is 3.29. The third kappa shape index (κ3) is 2.22. The average Bonchev–Trinajstić information content (AvgIpc) is 2.77. The van der Waals surface area contributed by atoms with Crippen molar-refractivity contribution in [2.24, 2.45) is 7.05 Å². The molecule has 1 N–H and O–H groups in total. The Bertz CT molecular complexity index is 691. The quantitative estimate of drug-likeness (QED) is 0.779. The van der Waals surface area contributed by atoms with E-state index < -0.39 is 6.10 Å². The van der Waals surface area contributed by atoms with E-state index in [4.69, 9.17) is 0 Å². The van der Waals surface area contributed by atoms with Crippen molar-refractivity contribution in [1.29, 1.82) is 0 Å².